The Morgan fingerprint density at radius 2 is 1.86 bits per heavy atom. The van der Waals surface area contributed by atoms with Gasteiger partial charge in [0.15, 0.2) is 5.90 Å². The van der Waals surface area contributed by atoms with E-state index in [1.165, 1.54) is 5.57 Å². The minimum absolute atomic E-state index is 0.0148. The Labute approximate surface area is 226 Å². The van der Waals surface area contributed by atoms with E-state index in [0.717, 1.165) is 44.6 Å². The number of ether oxygens (including phenoxy) is 1. The second-order valence-electron chi connectivity index (χ2n) is 14.3. The molecular weight excluding hydrogens is 460 g/mol. The van der Waals surface area contributed by atoms with Crippen LogP contribution in [-0.2, 0) is 9.53 Å². The molecule has 2 saturated carbocycles. The quantitative estimate of drug-likeness (QED) is 0.414. The van der Waals surface area contributed by atoms with Gasteiger partial charge in [-0.2, -0.15) is 0 Å². The van der Waals surface area contributed by atoms with Crippen molar-refractivity contribution in [1.29, 1.82) is 0 Å². The van der Waals surface area contributed by atoms with Crippen LogP contribution in [0.3, 0.4) is 0 Å². The van der Waals surface area contributed by atoms with Crippen molar-refractivity contribution in [1.82, 2.24) is 4.90 Å². The predicted molar refractivity (Wildman–Crippen MR) is 152 cm³/mol. The van der Waals surface area contributed by atoms with Crippen molar-refractivity contribution >= 4 is 11.7 Å². The molecule has 0 amide bonds. The molecule has 0 aromatic carbocycles. The number of aliphatic hydroxyl groups is 1. The van der Waals surface area contributed by atoms with E-state index in [4.69, 9.17) is 9.73 Å². The number of carbonyl (C=O) groups excluding carboxylic acids is 1. The average Bonchev–Trinajstić information content (AvgIpc) is 3.03. The van der Waals surface area contributed by atoms with Crippen molar-refractivity contribution < 1.29 is 14.6 Å². The number of rotatable bonds is 7. The van der Waals surface area contributed by atoms with Gasteiger partial charge in [0.25, 0.3) is 0 Å². The number of nitrogens with zero attached hydrogens (tertiary/aromatic N) is 2. The minimum Gasteiger partial charge on any atom is -0.480 e. The molecule has 0 bridgehead atoms. The minimum atomic E-state index is -0.369. The maximum atomic E-state index is 13.5. The van der Waals surface area contributed by atoms with Gasteiger partial charge in [0.05, 0.1) is 18.8 Å². The van der Waals surface area contributed by atoms with Gasteiger partial charge in [0, 0.05) is 35.6 Å². The van der Waals surface area contributed by atoms with Crippen molar-refractivity contribution in [2.45, 2.75) is 112 Å². The molecule has 1 aliphatic heterocycles. The standard InChI is InChI=1S/C32H54N2O3/c1-11-19(2)29-33-27-15-12-20(3)23(30(27,6)18-37-29)13-14-24-21(4)25(35)16-32(8)28(22(5)34(9)10)26(36)17-31(24,32)7/h12,19,21-24,26-28,36H,11,13-18H2,1-10H3/t19?,21-,22+,23-,24-,26-,27+,28+,30+,31+,32-/m1/s1. The molecule has 5 nitrogen and oxygen atoms in total. The fourth-order valence-electron chi connectivity index (χ4n) is 9.16. The first-order valence-electron chi connectivity index (χ1n) is 15.0. The number of hydrogen-bond donors (Lipinski definition) is 1. The molecule has 4 aliphatic rings. The number of hydrogen-bond acceptors (Lipinski definition) is 5. The van der Waals surface area contributed by atoms with E-state index in [9.17, 15) is 9.90 Å². The Kier molecular flexibility index (Phi) is 7.85. The number of aliphatic hydroxyl groups excluding tert-OH is 1. The molecule has 0 aromatic heterocycles. The molecule has 0 spiro atoms. The van der Waals surface area contributed by atoms with Crippen LogP contribution in [0.25, 0.3) is 0 Å². The number of aliphatic imine (C=N–C) groups is 1. The summed E-state index contributed by atoms with van der Waals surface area (Å²) in [5, 5.41) is 11.4. The smallest absolute Gasteiger partial charge is 0.186 e. The van der Waals surface area contributed by atoms with Crippen LogP contribution in [0.2, 0.25) is 0 Å². The molecule has 1 N–H and O–H groups in total. The van der Waals surface area contributed by atoms with Crippen LogP contribution in [-0.4, -0.2) is 60.6 Å². The molecule has 210 valence electrons. The summed E-state index contributed by atoms with van der Waals surface area (Å²) in [5.74, 6) is 2.50. The van der Waals surface area contributed by atoms with Crippen molar-refractivity contribution in [3.63, 3.8) is 0 Å². The number of allylic oxidation sites excluding steroid dienone is 1. The molecule has 4 rings (SSSR count). The molecule has 1 heterocycles. The maximum absolute atomic E-state index is 13.5. The summed E-state index contributed by atoms with van der Waals surface area (Å²) in [7, 11) is 4.19. The second-order valence-corrected chi connectivity index (χ2v) is 14.3. The summed E-state index contributed by atoms with van der Waals surface area (Å²) in [5.41, 5.74) is 1.18. The van der Waals surface area contributed by atoms with Crippen molar-refractivity contribution in [3.8, 4) is 0 Å². The lowest BCUT2D eigenvalue weighted by Crippen LogP contribution is -2.55. The lowest BCUT2D eigenvalue weighted by Gasteiger charge is -2.56. The summed E-state index contributed by atoms with van der Waals surface area (Å²) in [6.07, 6.45) is 7.52. The Morgan fingerprint density at radius 1 is 1.19 bits per heavy atom. The zero-order valence-corrected chi connectivity index (χ0v) is 25.3. The molecule has 0 radical (unpaired) electrons. The number of Topliss-reactive ketones (excluding diaryl/α,β-unsaturated/α-hetero) is 1. The maximum Gasteiger partial charge on any atom is 0.186 e. The molecule has 0 aromatic rings. The van der Waals surface area contributed by atoms with Crippen LogP contribution in [0.15, 0.2) is 16.6 Å². The van der Waals surface area contributed by atoms with Crippen molar-refractivity contribution in [3.05, 3.63) is 11.6 Å². The van der Waals surface area contributed by atoms with Gasteiger partial charge >= 0.3 is 0 Å². The molecule has 5 heteroatoms. The van der Waals surface area contributed by atoms with E-state index in [2.05, 4.69) is 80.5 Å². The highest BCUT2D eigenvalue weighted by atomic mass is 16.5. The van der Waals surface area contributed by atoms with Gasteiger partial charge in [0.1, 0.15) is 5.78 Å². The summed E-state index contributed by atoms with van der Waals surface area (Å²) in [6, 6.07) is 0.493. The van der Waals surface area contributed by atoms with Crippen LogP contribution in [0.1, 0.15) is 93.9 Å². The third kappa shape index (κ3) is 4.44. The largest absolute Gasteiger partial charge is 0.480 e. The first-order valence-corrected chi connectivity index (χ1v) is 15.0. The third-order valence-corrected chi connectivity index (χ3v) is 12.3. The van der Waals surface area contributed by atoms with Gasteiger partial charge in [-0.15, -0.1) is 0 Å². The highest BCUT2D eigenvalue weighted by Gasteiger charge is 2.66. The Hall–Kier alpha value is -1.20. The van der Waals surface area contributed by atoms with Gasteiger partial charge < -0.3 is 14.7 Å². The lowest BCUT2D eigenvalue weighted by molar-refractivity contribution is -0.146. The van der Waals surface area contributed by atoms with Crippen LogP contribution < -0.4 is 0 Å². The van der Waals surface area contributed by atoms with Crippen LogP contribution in [0, 0.1) is 45.8 Å². The summed E-state index contributed by atoms with van der Waals surface area (Å²) >= 11 is 0. The second kappa shape index (κ2) is 10.1. The fraction of sp³-hybridized carbons (Fsp3) is 0.875. The van der Waals surface area contributed by atoms with Gasteiger partial charge in [-0.05, 0) is 82.7 Å². The van der Waals surface area contributed by atoms with E-state index >= 15 is 0 Å². The summed E-state index contributed by atoms with van der Waals surface area (Å²) in [6.45, 7) is 18.9. The molecule has 1 unspecified atom stereocenters. The highest BCUT2D eigenvalue weighted by molar-refractivity contribution is 5.83. The summed E-state index contributed by atoms with van der Waals surface area (Å²) in [4.78, 5) is 20.9. The van der Waals surface area contributed by atoms with E-state index in [1.54, 1.807) is 0 Å². The normalized spacial score (nSPS) is 45.5. The zero-order chi connectivity index (χ0) is 27.5. The Balaban J connectivity index is 1.61. The molecule has 2 fully saturated rings. The fourth-order valence-corrected chi connectivity index (χ4v) is 9.16. The number of carbonyl (C=O) groups is 1. The molecule has 11 atom stereocenters. The van der Waals surface area contributed by atoms with E-state index in [-0.39, 0.29) is 52.2 Å². The van der Waals surface area contributed by atoms with Gasteiger partial charge in [-0.3, -0.25) is 9.79 Å². The van der Waals surface area contributed by atoms with Crippen molar-refractivity contribution in [2.75, 3.05) is 20.7 Å². The molecule has 3 aliphatic carbocycles. The lowest BCUT2D eigenvalue weighted by atomic mass is 9.48. The van der Waals surface area contributed by atoms with E-state index in [1.807, 2.05) is 0 Å². The SMILES string of the molecule is CCC(C)C1=N[C@H]2CC=C(C)[C@@H](CC[C@@H]3[C@@H](C)C(=O)C[C@]4(C)[C@@H]([C@H](C)N(C)C)[C@H](O)C[C@@]34C)[C@]2(C)CO1. The van der Waals surface area contributed by atoms with E-state index < -0.39 is 0 Å². The molecule has 37 heavy (non-hydrogen) atoms. The monoisotopic (exact) mass is 514 g/mol. The van der Waals surface area contributed by atoms with Crippen LogP contribution in [0.4, 0.5) is 0 Å². The third-order valence-electron chi connectivity index (χ3n) is 12.3. The van der Waals surface area contributed by atoms with Crippen LogP contribution >= 0.6 is 0 Å². The number of ketones is 1. The number of fused-ring (bicyclic) bond motifs is 2. The first kappa shape index (κ1) is 28.8. The molecular formula is C32H54N2O3. The highest BCUT2D eigenvalue weighted by Crippen LogP contribution is 2.67. The van der Waals surface area contributed by atoms with E-state index in [0.29, 0.717) is 24.0 Å². The average molecular weight is 515 g/mol. The predicted octanol–water partition coefficient (Wildman–Crippen LogP) is 6.15. The Bertz CT molecular complexity index is 942. The van der Waals surface area contributed by atoms with Gasteiger partial charge in [0.2, 0.25) is 0 Å². The van der Waals surface area contributed by atoms with Gasteiger partial charge in [-0.1, -0.05) is 53.2 Å². The molecule has 0 saturated heterocycles. The first-order chi connectivity index (χ1) is 17.2. The van der Waals surface area contributed by atoms with Crippen LogP contribution in [0.5, 0.6) is 0 Å². The Morgan fingerprint density at radius 3 is 2.49 bits per heavy atom. The van der Waals surface area contributed by atoms with Crippen molar-refractivity contribution in [2.24, 2.45) is 50.8 Å². The zero-order valence-electron chi connectivity index (χ0n) is 25.3. The summed E-state index contributed by atoms with van der Waals surface area (Å²) < 4.78 is 6.32. The van der Waals surface area contributed by atoms with Gasteiger partial charge in [-0.25, -0.2) is 0 Å². The topological polar surface area (TPSA) is 62.1 Å².